The SMILES string of the molecule is COC(=O)C1CCC=C(CC/C=C(\C)CCC=C(C)C)C1. The van der Waals surface area contributed by atoms with E-state index in [0.717, 1.165) is 44.9 Å². The van der Waals surface area contributed by atoms with E-state index in [1.165, 1.54) is 23.8 Å². The molecular formula is C19H30O2. The van der Waals surface area contributed by atoms with Gasteiger partial charge in [-0.25, -0.2) is 0 Å². The van der Waals surface area contributed by atoms with Gasteiger partial charge in [-0.15, -0.1) is 0 Å². The first kappa shape index (κ1) is 17.7. The second kappa shape index (κ2) is 9.59. The summed E-state index contributed by atoms with van der Waals surface area (Å²) in [6.45, 7) is 6.50. The predicted molar refractivity (Wildman–Crippen MR) is 89.1 cm³/mol. The summed E-state index contributed by atoms with van der Waals surface area (Å²) in [5, 5.41) is 0. The predicted octanol–water partition coefficient (Wildman–Crippen LogP) is 5.36. The summed E-state index contributed by atoms with van der Waals surface area (Å²) >= 11 is 0. The third-order valence-electron chi connectivity index (χ3n) is 4.04. The van der Waals surface area contributed by atoms with Gasteiger partial charge in [0.05, 0.1) is 13.0 Å². The fourth-order valence-electron chi connectivity index (χ4n) is 2.76. The second-order valence-corrected chi connectivity index (χ2v) is 6.27. The Hall–Kier alpha value is -1.31. The van der Waals surface area contributed by atoms with Crippen molar-refractivity contribution in [3.05, 3.63) is 34.9 Å². The fourth-order valence-corrected chi connectivity index (χ4v) is 2.76. The minimum atomic E-state index is -0.0472. The van der Waals surface area contributed by atoms with Crippen LogP contribution in [-0.2, 0) is 9.53 Å². The molecule has 0 heterocycles. The quantitative estimate of drug-likeness (QED) is 0.466. The minimum Gasteiger partial charge on any atom is -0.469 e. The van der Waals surface area contributed by atoms with Crippen LogP contribution in [0, 0.1) is 5.92 Å². The average Bonchev–Trinajstić information content (AvgIpc) is 2.46. The van der Waals surface area contributed by atoms with E-state index < -0.39 is 0 Å². The Morgan fingerprint density at radius 2 is 2.05 bits per heavy atom. The molecule has 1 unspecified atom stereocenters. The summed E-state index contributed by atoms with van der Waals surface area (Å²) in [4.78, 5) is 11.6. The number of allylic oxidation sites excluding steroid dienone is 6. The molecule has 0 aromatic carbocycles. The molecule has 0 aromatic rings. The standard InChI is InChI=1S/C19H30O2/c1-15(2)8-5-9-16(3)10-6-11-17-12-7-13-18(14-17)19(20)21-4/h8,10,12,18H,5-7,9,11,13-14H2,1-4H3/b16-10+. The van der Waals surface area contributed by atoms with E-state index in [2.05, 4.69) is 39.0 Å². The Morgan fingerprint density at radius 3 is 2.71 bits per heavy atom. The van der Waals surface area contributed by atoms with E-state index in [-0.39, 0.29) is 11.9 Å². The molecule has 2 heteroatoms. The smallest absolute Gasteiger partial charge is 0.308 e. The molecule has 0 aromatic heterocycles. The first-order chi connectivity index (χ1) is 10.0. The molecule has 0 saturated heterocycles. The Balaban J connectivity index is 2.33. The minimum absolute atomic E-state index is 0.0472. The number of ether oxygens (including phenoxy) is 1. The number of carbonyl (C=O) groups excluding carboxylic acids is 1. The van der Waals surface area contributed by atoms with Crippen molar-refractivity contribution in [1.29, 1.82) is 0 Å². The Kier molecular flexibility index (Phi) is 8.11. The normalized spacial score (nSPS) is 19.0. The Bertz CT molecular complexity index is 423. The molecule has 2 nitrogen and oxygen atoms in total. The van der Waals surface area contributed by atoms with Crippen molar-refractivity contribution in [2.45, 2.75) is 65.7 Å². The van der Waals surface area contributed by atoms with Crippen molar-refractivity contribution in [1.82, 2.24) is 0 Å². The zero-order chi connectivity index (χ0) is 15.7. The van der Waals surface area contributed by atoms with Crippen molar-refractivity contribution >= 4 is 5.97 Å². The summed E-state index contributed by atoms with van der Waals surface area (Å²) in [5.74, 6) is 0.0341. The number of methoxy groups -OCH3 is 1. The second-order valence-electron chi connectivity index (χ2n) is 6.27. The highest BCUT2D eigenvalue weighted by molar-refractivity contribution is 5.72. The molecule has 0 bridgehead atoms. The lowest BCUT2D eigenvalue weighted by Crippen LogP contribution is -2.19. The van der Waals surface area contributed by atoms with Crippen LogP contribution in [0.5, 0.6) is 0 Å². The maximum absolute atomic E-state index is 11.6. The van der Waals surface area contributed by atoms with Crippen LogP contribution in [0.4, 0.5) is 0 Å². The van der Waals surface area contributed by atoms with Crippen molar-refractivity contribution in [2.75, 3.05) is 7.11 Å². The summed E-state index contributed by atoms with van der Waals surface area (Å²) in [6, 6.07) is 0. The summed E-state index contributed by atoms with van der Waals surface area (Å²) < 4.78 is 4.86. The first-order valence-electron chi connectivity index (χ1n) is 8.07. The topological polar surface area (TPSA) is 26.3 Å². The van der Waals surface area contributed by atoms with E-state index in [0.29, 0.717) is 0 Å². The van der Waals surface area contributed by atoms with Crippen LogP contribution in [0.2, 0.25) is 0 Å². The molecule has 21 heavy (non-hydrogen) atoms. The lowest BCUT2D eigenvalue weighted by molar-refractivity contribution is -0.145. The fraction of sp³-hybridized carbons (Fsp3) is 0.632. The number of hydrogen-bond donors (Lipinski definition) is 0. The van der Waals surface area contributed by atoms with Crippen LogP contribution in [0.3, 0.4) is 0 Å². The summed E-state index contributed by atoms with van der Waals surface area (Å²) in [5.41, 5.74) is 4.28. The molecule has 118 valence electrons. The van der Waals surface area contributed by atoms with E-state index >= 15 is 0 Å². The molecule has 0 radical (unpaired) electrons. The monoisotopic (exact) mass is 290 g/mol. The molecule has 1 aliphatic rings. The average molecular weight is 290 g/mol. The molecule has 0 saturated carbocycles. The van der Waals surface area contributed by atoms with Gasteiger partial charge in [-0.3, -0.25) is 4.79 Å². The molecular weight excluding hydrogens is 260 g/mol. The molecule has 0 fully saturated rings. The van der Waals surface area contributed by atoms with E-state index in [4.69, 9.17) is 4.74 Å². The van der Waals surface area contributed by atoms with E-state index in [1.54, 1.807) is 0 Å². The van der Waals surface area contributed by atoms with Gasteiger partial charge in [-0.05, 0) is 65.7 Å². The molecule has 1 rings (SSSR count). The van der Waals surface area contributed by atoms with Crippen molar-refractivity contribution in [3.8, 4) is 0 Å². The van der Waals surface area contributed by atoms with Gasteiger partial charge in [0, 0.05) is 0 Å². The number of carbonyl (C=O) groups is 1. The van der Waals surface area contributed by atoms with Gasteiger partial charge in [-0.1, -0.05) is 34.9 Å². The van der Waals surface area contributed by atoms with Crippen LogP contribution in [-0.4, -0.2) is 13.1 Å². The highest BCUT2D eigenvalue weighted by atomic mass is 16.5. The van der Waals surface area contributed by atoms with Gasteiger partial charge in [-0.2, -0.15) is 0 Å². The zero-order valence-corrected chi connectivity index (χ0v) is 14.1. The summed E-state index contributed by atoms with van der Waals surface area (Å²) in [7, 11) is 1.49. The van der Waals surface area contributed by atoms with Gasteiger partial charge < -0.3 is 4.74 Å². The molecule has 0 aliphatic heterocycles. The van der Waals surface area contributed by atoms with Crippen molar-refractivity contribution < 1.29 is 9.53 Å². The Labute approximate surface area is 130 Å². The third-order valence-corrected chi connectivity index (χ3v) is 4.04. The van der Waals surface area contributed by atoms with E-state index in [9.17, 15) is 4.79 Å². The highest BCUT2D eigenvalue weighted by Crippen LogP contribution is 2.28. The maximum Gasteiger partial charge on any atom is 0.308 e. The van der Waals surface area contributed by atoms with Crippen LogP contribution >= 0.6 is 0 Å². The Morgan fingerprint density at radius 1 is 1.29 bits per heavy atom. The largest absolute Gasteiger partial charge is 0.469 e. The number of esters is 1. The lowest BCUT2D eigenvalue weighted by Gasteiger charge is -2.20. The number of hydrogen-bond acceptors (Lipinski definition) is 2. The molecule has 1 atom stereocenters. The molecule has 0 spiro atoms. The lowest BCUT2D eigenvalue weighted by atomic mass is 9.87. The highest BCUT2D eigenvalue weighted by Gasteiger charge is 2.22. The van der Waals surface area contributed by atoms with Crippen LogP contribution in [0.1, 0.15) is 65.7 Å². The van der Waals surface area contributed by atoms with E-state index in [1.807, 2.05) is 0 Å². The molecule has 1 aliphatic carbocycles. The summed E-state index contributed by atoms with van der Waals surface area (Å²) in [6.07, 6.45) is 14.2. The molecule has 0 N–H and O–H groups in total. The van der Waals surface area contributed by atoms with Gasteiger partial charge >= 0.3 is 5.97 Å². The van der Waals surface area contributed by atoms with Gasteiger partial charge in [0.15, 0.2) is 0 Å². The van der Waals surface area contributed by atoms with Crippen LogP contribution < -0.4 is 0 Å². The molecule has 0 amide bonds. The van der Waals surface area contributed by atoms with Gasteiger partial charge in [0.1, 0.15) is 0 Å². The van der Waals surface area contributed by atoms with Gasteiger partial charge in [0.2, 0.25) is 0 Å². The third kappa shape index (κ3) is 7.31. The maximum atomic E-state index is 11.6. The zero-order valence-electron chi connectivity index (χ0n) is 14.1. The van der Waals surface area contributed by atoms with Crippen molar-refractivity contribution in [2.24, 2.45) is 5.92 Å². The van der Waals surface area contributed by atoms with Gasteiger partial charge in [0.25, 0.3) is 0 Å². The number of rotatable bonds is 7. The first-order valence-corrected chi connectivity index (χ1v) is 8.07. The van der Waals surface area contributed by atoms with Crippen molar-refractivity contribution in [3.63, 3.8) is 0 Å². The van der Waals surface area contributed by atoms with Crippen LogP contribution in [0.25, 0.3) is 0 Å². The van der Waals surface area contributed by atoms with Crippen LogP contribution in [0.15, 0.2) is 34.9 Å².